The number of fused-ring (bicyclic) bond motifs is 1. The van der Waals surface area contributed by atoms with Gasteiger partial charge in [-0.25, -0.2) is 4.79 Å². The number of urea groups is 1. The molecule has 1 N–H and O–H groups in total. The highest BCUT2D eigenvalue weighted by atomic mass is 35.5. The van der Waals surface area contributed by atoms with Crippen LogP contribution in [-0.4, -0.2) is 20.8 Å². The van der Waals surface area contributed by atoms with Crippen LogP contribution in [0.3, 0.4) is 0 Å². The highest BCUT2D eigenvalue weighted by Gasteiger charge is 2.23. The molecule has 0 atom stereocenters. The molecule has 0 aliphatic carbocycles. The summed E-state index contributed by atoms with van der Waals surface area (Å²) in [5.41, 5.74) is 3.77. The van der Waals surface area contributed by atoms with E-state index in [-0.39, 0.29) is 6.03 Å². The van der Waals surface area contributed by atoms with Gasteiger partial charge in [0, 0.05) is 29.4 Å². The summed E-state index contributed by atoms with van der Waals surface area (Å²) in [6.45, 7) is 5.35. The topological polar surface area (TPSA) is 63.1 Å². The molecule has 1 aliphatic heterocycles. The van der Waals surface area contributed by atoms with Gasteiger partial charge in [-0.1, -0.05) is 30.2 Å². The summed E-state index contributed by atoms with van der Waals surface area (Å²) < 4.78 is 2.18. The maximum absolute atomic E-state index is 13.3. The molecule has 1 aliphatic rings. The summed E-state index contributed by atoms with van der Waals surface area (Å²) in [6.07, 6.45) is 4.38. The fourth-order valence-corrected chi connectivity index (χ4v) is 3.95. The van der Waals surface area contributed by atoms with Crippen LogP contribution in [0.15, 0.2) is 42.5 Å². The zero-order valence-electron chi connectivity index (χ0n) is 17.4. The summed E-state index contributed by atoms with van der Waals surface area (Å²) in [5, 5.41) is 12.4. The van der Waals surface area contributed by atoms with Crippen LogP contribution in [0.5, 0.6) is 0 Å². The van der Waals surface area contributed by atoms with Crippen LogP contribution in [0.25, 0.3) is 0 Å². The van der Waals surface area contributed by atoms with E-state index >= 15 is 0 Å². The van der Waals surface area contributed by atoms with Gasteiger partial charge in [0.15, 0.2) is 5.82 Å². The standard InChI is InChI=1S/C23H26ClN5O/c1-16-7-6-8-20(17(16)2)29(23(30)25-19-12-10-18(24)11-13-19)15-22-27-26-21-9-4-3-5-14-28(21)22/h6-8,10-13H,3-5,9,14-15H2,1-2H3,(H,25,30). The molecular formula is C23H26ClN5O. The predicted molar refractivity (Wildman–Crippen MR) is 120 cm³/mol. The molecule has 4 rings (SSSR count). The number of carbonyl (C=O) groups excluding carboxylic acids is 1. The maximum Gasteiger partial charge on any atom is 0.326 e. The number of nitrogens with one attached hydrogen (secondary N) is 1. The Labute approximate surface area is 181 Å². The van der Waals surface area contributed by atoms with Gasteiger partial charge >= 0.3 is 6.03 Å². The normalized spacial score (nSPS) is 13.4. The van der Waals surface area contributed by atoms with Gasteiger partial charge in [-0.3, -0.25) is 4.90 Å². The van der Waals surface area contributed by atoms with E-state index in [1.54, 1.807) is 29.2 Å². The van der Waals surface area contributed by atoms with Gasteiger partial charge in [-0.15, -0.1) is 10.2 Å². The van der Waals surface area contributed by atoms with Crippen molar-refractivity contribution in [1.29, 1.82) is 0 Å². The number of anilines is 2. The van der Waals surface area contributed by atoms with Gasteiger partial charge < -0.3 is 9.88 Å². The molecule has 3 aromatic rings. The van der Waals surface area contributed by atoms with Gasteiger partial charge in [-0.05, 0) is 68.1 Å². The molecule has 2 heterocycles. The largest absolute Gasteiger partial charge is 0.326 e. The quantitative estimate of drug-likeness (QED) is 0.601. The summed E-state index contributed by atoms with van der Waals surface area (Å²) in [4.78, 5) is 15.1. The summed E-state index contributed by atoms with van der Waals surface area (Å²) in [5.74, 6) is 1.83. The van der Waals surface area contributed by atoms with Gasteiger partial charge in [0.2, 0.25) is 0 Å². The number of nitrogens with zero attached hydrogens (tertiary/aromatic N) is 4. The van der Waals surface area contributed by atoms with E-state index in [0.29, 0.717) is 17.3 Å². The fourth-order valence-electron chi connectivity index (χ4n) is 3.82. The van der Waals surface area contributed by atoms with E-state index in [0.717, 1.165) is 54.3 Å². The van der Waals surface area contributed by atoms with E-state index in [1.807, 2.05) is 19.1 Å². The number of aromatic nitrogens is 3. The van der Waals surface area contributed by atoms with Crippen LogP contribution in [-0.2, 0) is 19.5 Å². The number of halogens is 1. The SMILES string of the molecule is Cc1cccc(N(Cc2nnc3n2CCCCC3)C(=O)Nc2ccc(Cl)cc2)c1C. The van der Waals surface area contributed by atoms with Crippen molar-refractivity contribution < 1.29 is 4.79 Å². The van der Waals surface area contributed by atoms with Crippen LogP contribution in [0, 0.1) is 13.8 Å². The lowest BCUT2D eigenvalue weighted by Gasteiger charge is -2.25. The van der Waals surface area contributed by atoms with Crippen LogP contribution in [0.4, 0.5) is 16.2 Å². The molecule has 0 fully saturated rings. The average Bonchev–Trinajstić information content (AvgIpc) is 2.95. The zero-order valence-corrected chi connectivity index (χ0v) is 18.1. The average molecular weight is 424 g/mol. The molecular weight excluding hydrogens is 398 g/mol. The number of benzene rings is 2. The third-order valence-corrected chi connectivity index (χ3v) is 5.95. The second kappa shape index (κ2) is 8.88. The van der Waals surface area contributed by atoms with E-state index < -0.39 is 0 Å². The Morgan fingerprint density at radius 1 is 1.10 bits per heavy atom. The van der Waals surface area contributed by atoms with Crippen LogP contribution >= 0.6 is 11.6 Å². The molecule has 7 heteroatoms. The molecule has 156 valence electrons. The first-order chi connectivity index (χ1) is 14.5. The molecule has 2 aromatic carbocycles. The van der Waals surface area contributed by atoms with Crippen molar-refractivity contribution in [2.45, 2.75) is 52.6 Å². The van der Waals surface area contributed by atoms with Crippen molar-refractivity contribution in [2.24, 2.45) is 0 Å². The minimum atomic E-state index is -0.211. The third-order valence-electron chi connectivity index (χ3n) is 5.69. The van der Waals surface area contributed by atoms with Crippen molar-refractivity contribution >= 4 is 29.0 Å². The Balaban J connectivity index is 1.67. The molecule has 1 aromatic heterocycles. The minimum absolute atomic E-state index is 0.211. The molecule has 0 saturated heterocycles. The molecule has 0 bridgehead atoms. The van der Waals surface area contributed by atoms with Crippen LogP contribution in [0.1, 0.15) is 42.0 Å². The Hall–Kier alpha value is -2.86. The smallest absolute Gasteiger partial charge is 0.313 e. The summed E-state index contributed by atoms with van der Waals surface area (Å²) in [6, 6.07) is 12.9. The lowest BCUT2D eigenvalue weighted by molar-refractivity contribution is 0.256. The van der Waals surface area contributed by atoms with Crippen LogP contribution < -0.4 is 10.2 Å². The molecule has 0 saturated carbocycles. The van der Waals surface area contributed by atoms with Crippen molar-refractivity contribution in [1.82, 2.24) is 14.8 Å². The molecule has 0 spiro atoms. The molecule has 6 nitrogen and oxygen atoms in total. The lowest BCUT2D eigenvalue weighted by Crippen LogP contribution is -2.36. The van der Waals surface area contributed by atoms with Gasteiger partial charge in [0.25, 0.3) is 0 Å². The van der Waals surface area contributed by atoms with Crippen molar-refractivity contribution in [2.75, 3.05) is 10.2 Å². The molecule has 0 radical (unpaired) electrons. The molecule has 2 amide bonds. The predicted octanol–water partition coefficient (Wildman–Crippen LogP) is 5.51. The number of hydrogen-bond donors (Lipinski definition) is 1. The maximum atomic E-state index is 13.3. The first-order valence-electron chi connectivity index (χ1n) is 10.3. The minimum Gasteiger partial charge on any atom is -0.313 e. The summed E-state index contributed by atoms with van der Waals surface area (Å²) in [7, 11) is 0. The van der Waals surface area contributed by atoms with E-state index in [9.17, 15) is 4.79 Å². The first-order valence-corrected chi connectivity index (χ1v) is 10.7. The van der Waals surface area contributed by atoms with Crippen molar-refractivity contribution in [3.05, 3.63) is 70.3 Å². The van der Waals surface area contributed by atoms with Crippen molar-refractivity contribution in [3.8, 4) is 0 Å². The van der Waals surface area contributed by atoms with Gasteiger partial charge in [0.05, 0.1) is 6.54 Å². The Morgan fingerprint density at radius 3 is 2.70 bits per heavy atom. The summed E-state index contributed by atoms with van der Waals surface area (Å²) >= 11 is 5.98. The van der Waals surface area contributed by atoms with Crippen LogP contribution in [0.2, 0.25) is 5.02 Å². The van der Waals surface area contributed by atoms with E-state index in [2.05, 4.69) is 33.1 Å². The Morgan fingerprint density at radius 2 is 1.90 bits per heavy atom. The molecule has 30 heavy (non-hydrogen) atoms. The van der Waals surface area contributed by atoms with Gasteiger partial charge in [0.1, 0.15) is 5.82 Å². The van der Waals surface area contributed by atoms with E-state index in [1.165, 1.54) is 6.42 Å². The van der Waals surface area contributed by atoms with Gasteiger partial charge in [-0.2, -0.15) is 0 Å². The number of carbonyl (C=O) groups is 1. The number of amides is 2. The van der Waals surface area contributed by atoms with Crippen molar-refractivity contribution in [3.63, 3.8) is 0 Å². The lowest BCUT2D eigenvalue weighted by atomic mass is 10.1. The zero-order chi connectivity index (χ0) is 21.1. The second-order valence-corrected chi connectivity index (χ2v) is 8.17. The Kier molecular flexibility index (Phi) is 6.04. The second-order valence-electron chi connectivity index (χ2n) is 7.74. The monoisotopic (exact) mass is 423 g/mol. The van der Waals surface area contributed by atoms with E-state index in [4.69, 9.17) is 11.6 Å². The number of aryl methyl sites for hydroxylation is 2. The highest BCUT2D eigenvalue weighted by molar-refractivity contribution is 6.30. The number of hydrogen-bond acceptors (Lipinski definition) is 3. The Bertz CT molecular complexity index is 1040. The highest BCUT2D eigenvalue weighted by Crippen LogP contribution is 2.26. The molecule has 0 unspecified atom stereocenters. The number of rotatable bonds is 4. The third kappa shape index (κ3) is 4.33. The first kappa shape index (κ1) is 20.4. The fraction of sp³-hybridized carbons (Fsp3) is 0.348.